The van der Waals surface area contributed by atoms with E-state index in [2.05, 4.69) is 30.4 Å². The van der Waals surface area contributed by atoms with Gasteiger partial charge in [-0.25, -0.2) is 0 Å². The highest BCUT2D eigenvalue weighted by molar-refractivity contribution is 6.32. The molecule has 2 rings (SSSR count). The summed E-state index contributed by atoms with van der Waals surface area (Å²) >= 11 is 6.30. The highest BCUT2D eigenvalue weighted by atomic mass is 35.5. The molecule has 0 aromatic heterocycles. The van der Waals surface area contributed by atoms with Crippen molar-refractivity contribution in [2.24, 2.45) is 5.92 Å². The summed E-state index contributed by atoms with van der Waals surface area (Å²) in [5, 5.41) is 4.36. The summed E-state index contributed by atoms with van der Waals surface area (Å²) in [6.45, 7) is 4.40. The van der Waals surface area contributed by atoms with Crippen molar-refractivity contribution < 1.29 is 0 Å². The maximum absolute atomic E-state index is 6.30. The smallest absolute Gasteiger partial charge is 0.0467 e. The van der Waals surface area contributed by atoms with E-state index in [0.29, 0.717) is 0 Å². The van der Waals surface area contributed by atoms with Crippen molar-refractivity contribution in [2.75, 3.05) is 13.1 Å². The molecule has 82 valence electrons. The lowest BCUT2D eigenvalue weighted by atomic mass is 9.90. The maximum Gasteiger partial charge on any atom is 0.0467 e. The number of nitrogens with one attached hydrogen (secondary N) is 1. The van der Waals surface area contributed by atoms with Gasteiger partial charge in [-0.3, -0.25) is 0 Å². The van der Waals surface area contributed by atoms with Gasteiger partial charge in [-0.2, -0.15) is 0 Å². The fourth-order valence-corrected chi connectivity index (χ4v) is 2.47. The number of piperidine rings is 1. The molecule has 1 aromatic rings. The largest absolute Gasteiger partial charge is 0.317 e. The van der Waals surface area contributed by atoms with Gasteiger partial charge in [0, 0.05) is 5.02 Å². The Hall–Kier alpha value is -0.530. The number of aryl methyl sites for hydroxylation is 1. The predicted molar refractivity (Wildman–Crippen MR) is 65.5 cm³/mol. The van der Waals surface area contributed by atoms with Gasteiger partial charge in [0.2, 0.25) is 0 Å². The normalized spacial score (nSPS) is 18.0. The molecule has 0 saturated carbocycles. The lowest BCUT2D eigenvalue weighted by Gasteiger charge is -2.23. The van der Waals surface area contributed by atoms with E-state index in [1.54, 1.807) is 0 Å². The Labute approximate surface area is 96.8 Å². The van der Waals surface area contributed by atoms with Crippen molar-refractivity contribution in [1.82, 2.24) is 5.32 Å². The minimum Gasteiger partial charge on any atom is -0.317 e. The summed E-state index contributed by atoms with van der Waals surface area (Å²) in [6, 6.07) is 6.35. The monoisotopic (exact) mass is 223 g/mol. The molecule has 0 atom stereocenters. The van der Waals surface area contributed by atoms with Gasteiger partial charge in [0.25, 0.3) is 0 Å². The quantitative estimate of drug-likeness (QED) is 0.812. The lowest BCUT2D eigenvalue weighted by Crippen LogP contribution is -2.28. The summed E-state index contributed by atoms with van der Waals surface area (Å²) < 4.78 is 0. The van der Waals surface area contributed by atoms with E-state index in [1.165, 1.54) is 24.0 Å². The molecule has 1 fully saturated rings. The predicted octanol–water partition coefficient (Wildman–Crippen LogP) is 3.19. The Morgan fingerprint density at radius 2 is 2.07 bits per heavy atom. The van der Waals surface area contributed by atoms with E-state index in [-0.39, 0.29) is 0 Å². The third-order valence-corrected chi connectivity index (χ3v) is 3.78. The fourth-order valence-electron chi connectivity index (χ4n) is 2.26. The average molecular weight is 224 g/mol. The van der Waals surface area contributed by atoms with Crippen LogP contribution in [0.25, 0.3) is 0 Å². The highest BCUT2D eigenvalue weighted by Crippen LogP contribution is 2.25. The minimum absolute atomic E-state index is 0.811. The van der Waals surface area contributed by atoms with Gasteiger partial charge in [-0.05, 0) is 56.3 Å². The second-order valence-corrected chi connectivity index (χ2v) is 4.82. The van der Waals surface area contributed by atoms with Crippen molar-refractivity contribution >= 4 is 11.6 Å². The van der Waals surface area contributed by atoms with Gasteiger partial charge in [0.1, 0.15) is 0 Å². The highest BCUT2D eigenvalue weighted by Gasteiger charge is 2.15. The zero-order chi connectivity index (χ0) is 10.7. The van der Waals surface area contributed by atoms with Gasteiger partial charge in [-0.1, -0.05) is 29.8 Å². The lowest BCUT2D eigenvalue weighted by molar-refractivity contribution is 0.372. The van der Waals surface area contributed by atoms with Crippen LogP contribution in [0, 0.1) is 12.8 Å². The molecule has 0 radical (unpaired) electrons. The van der Waals surface area contributed by atoms with Crippen LogP contribution in [0.5, 0.6) is 0 Å². The van der Waals surface area contributed by atoms with E-state index in [1.807, 2.05) is 0 Å². The van der Waals surface area contributed by atoms with Crippen LogP contribution in [0.4, 0.5) is 0 Å². The Balaban J connectivity index is 2.06. The van der Waals surface area contributed by atoms with E-state index in [0.717, 1.165) is 30.5 Å². The van der Waals surface area contributed by atoms with E-state index in [4.69, 9.17) is 11.6 Å². The SMILES string of the molecule is Cc1cccc(CC2CCNCC2)c1Cl. The number of hydrogen-bond donors (Lipinski definition) is 1. The van der Waals surface area contributed by atoms with E-state index < -0.39 is 0 Å². The molecule has 0 spiro atoms. The van der Waals surface area contributed by atoms with E-state index >= 15 is 0 Å². The van der Waals surface area contributed by atoms with Crippen LogP contribution in [0.3, 0.4) is 0 Å². The number of benzene rings is 1. The Bertz CT molecular complexity index is 329. The molecule has 0 aliphatic carbocycles. The second kappa shape index (κ2) is 5.00. The number of rotatable bonds is 2. The minimum atomic E-state index is 0.811. The third kappa shape index (κ3) is 2.73. The molecule has 1 aliphatic rings. The summed E-state index contributed by atoms with van der Waals surface area (Å²) in [4.78, 5) is 0. The Morgan fingerprint density at radius 3 is 2.80 bits per heavy atom. The molecular formula is C13H18ClN. The molecule has 0 unspecified atom stereocenters. The summed E-state index contributed by atoms with van der Waals surface area (Å²) in [5.41, 5.74) is 2.52. The molecule has 1 saturated heterocycles. The van der Waals surface area contributed by atoms with Crippen LogP contribution in [0.1, 0.15) is 24.0 Å². The van der Waals surface area contributed by atoms with Crippen molar-refractivity contribution in [2.45, 2.75) is 26.2 Å². The molecule has 0 bridgehead atoms. The van der Waals surface area contributed by atoms with Gasteiger partial charge < -0.3 is 5.32 Å². The molecular weight excluding hydrogens is 206 g/mol. The molecule has 1 N–H and O–H groups in total. The van der Waals surface area contributed by atoms with Crippen molar-refractivity contribution in [3.63, 3.8) is 0 Å². The Kier molecular flexibility index (Phi) is 3.66. The molecule has 0 amide bonds. The standard InChI is InChI=1S/C13H18ClN/c1-10-3-2-4-12(13(10)14)9-11-5-7-15-8-6-11/h2-4,11,15H,5-9H2,1H3. The van der Waals surface area contributed by atoms with Crippen molar-refractivity contribution in [3.05, 3.63) is 34.3 Å². The number of hydrogen-bond acceptors (Lipinski definition) is 1. The van der Waals surface area contributed by atoms with Crippen LogP contribution in [0.15, 0.2) is 18.2 Å². The van der Waals surface area contributed by atoms with Crippen LogP contribution >= 0.6 is 11.6 Å². The van der Waals surface area contributed by atoms with Crippen LogP contribution in [-0.2, 0) is 6.42 Å². The van der Waals surface area contributed by atoms with Gasteiger partial charge in [0.15, 0.2) is 0 Å². The second-order valence-electron chi connectivity index (χ2n) is 4.45. The zero-order valence-corrected chi connectivity index (χ0v) is 9.98. The van der Waals surface area contributed by atoms with Gasteiger partial charge in [0.05, 0.1) is 0 Å². The molecule has 1 nitrogen and oxygen atoms in total. The average Bonchev–Trinajstić information content (AvgIpc) is 2.26. The first kappa shape index (κ1) is 11.0. The molecule has 1 aromatic carbocycles. The third-order valence-electron chi connectivity index (χ3n) is 3.24. The molecule has 1 heterocycles. The summed E-state index contributed by atoms with van der Waals surface area (Å²) in [7, 11) is 0. The van der Waals surface area contributed by atoms with Gasteiger partial charge >= 0.3 is 0 Å². The molecule has 1 aliphatic heterocycles. The van der Waals surface area contributed by atoms with Crippen molar-refractivity contribution in [3.8, 4) is 0 Å². The van der Waals surface area contributed by atoms with Gasteiger partial charge in [-0.15, -0.1) is 0 Å². The van der Waals surface area contributed by atoms with Crippen LogP contribution < -0.4 is 5.32 Å². The summed E-state index contributed by atoms with van der Waals surface area (Å²) in [6.07, 6.45) is 3.71. The first-order chi connectivity index (χ1) is 7.27. The number of halogens is 1. The van der Waals surface area contributed by atoms with Crippen molar-refractivity contribution in [1.29, 1.82) is 0 Å². The fraction of sp³-hybridized carbons (Fsp3) is 0.538. The zero-order valence-electron chi connectivity index (χ0n) is 9.22. The van der Waals surface area contributed by atoms with Crippen LogP contribution in [0.2, 0.25) is 5.02 Å². The first-order valence-electron chi connectivity index (χ1n) is 5.72. The first-order valence-corrected chi connectivity index (χ1v) is 6.10. The summed E-state index contributed by atoms with van der Waals surface area (Å²) in [5.74, 6) is 0.811. The maximum atomic E-state index is 6.30. The molecule has 2 heteroatoms. The molecule has 15 heavy (non-hydrogen) atoms. The Morgan fingerprint density at radius 1 is 1.33 bits per heavy atom. The van der Waals surface area contributed by atoms with Crippen LogP contribution in [-0.4, -0.2) is 13.1 Å². The topological polar surface area (TPSA) is 12.0 Å². The van der Waals surface area contributed by atoms with E-state index in [9.17, 15) is 0 Å².